The number of hydrogen-bond donors (Lipinski definition) is 2. The quantitative estimate of drug-likeness (QED) is 0.368. The minimum Gasteiger partial charge on any atom is -0.790 e. The predicted octanol–water partition coefficient (Wildman–Crippen LogP) is -4.39. The Balaban J connectivity index is -0.000000107. The van der Waals surface area contributed by atoms with E-state index in [-0.39, 0.29) is 39.9 Å². The molecule has 0 atom stereocenters. The first-order valence-electron chi connectivity index (χ1n) is 1.50. The molecule has 64 valence electrons. The fraction of sp³-hybridized carbons (Fsp3) is 0. The molecule has 0 aromatic carbocycles. The second kappa shape index (κ2) is 7.00. The zero-order valence-electron chi connectivity index (χ0n) is 4.74. The summed E-state index contributed by atoms with van der Waals surface area (Å²) in [7, 11) is -10.3. The average molecular weight is 424 g/mol. The standard InChI is InChI=1S/2H3O4P.Th/c2*1-5(2,3)4;/h2*(H3,1,2,3,4);/q;;+4/p-4. The van der Waals surface area contributed by atoms with E-state index in [0.29, 0.717) is 0 Å². The molecule has 0 aromatic heterocycles. The molecule has 0 aliphatic rings. The van der Waals surface area contributed by atoms with Crippen LogP contribution in [0.5, 0.6) is 0 Å². The molecule has 0 rings (SSSR count). The zero-order valence-corrected chi connectivity index (χ0v) is 10.6. The Hall–Kier alpha value is 1.54. The van der Waals surface area contributed by atoms with Crippen LogP contribution in [-0.4, -0.2) is 9.79 Å². The number of hydrogen-bond acceptors (Lipinski definition) is 6. The van der Waals surface area contributed by atoms with Gasteiger partial charge in [0.2, 0.25) is 0 Å². The van der Waals surface area contributed by atoms with Crippen LogP contribution in [0.2, 0.25) is 0 Å². The molecule has 0 unspecified atom stereocenters. The van der Waals surface area contributed by atoms with Gasteiger partial charge in [0, 0.05) is 0 Å². The largest absolute Gasteiger partial charge is 4.00 e. The second-order valence-electron chi connectivity index (χ2n) is 0.937. The average Bonchev–Trinajstić information content (AvgIpc) is 1.12. The second-order valence-corrected chi connectivity index (χ2v) is 2.81. The molecule has 0 radical (unpaired) electrons. The Labute approximate surface area is 93.4 Å². The van der Waals surface area contributed by atoms with Gasteiger partial charge in [-0.3, -0.25) is 0 Å². The van der Waals surface area contributed by atoms with E-state index in [1.54, 1.807) is 0 Å². The van der Waals surface area contributed by atoms with Gasteiger partial charge in [0.1, 0.15) is 0 Å². The molecule has 0 bridgehead atoms. The minimum atomic E-state index is -5.14. The van der Waals surface area contributed by atoms with Crippen LogP contribution in [0.15, 0.2) is 0 Å². The number of phosphoric acid groups is 2. The molecular weight excluding hydrogens is 422 g/mol. The van der Waals surface area contributed by atoms with Crippen molar-refractivity contribution in [1.82, 2.24) is 0 Å². The number of rotatable bonds is 0. The molecule has 0 aliphatic heterocycles. The molecule has 0 saturated heterocycles. The van der Waals surface area contributed by atoms with Crippen LogP contribution in [0.1, 0.15) is 0 Å². The topological polar surface area (TPSA) is 167 Å². The maximum absolute atomic E-state index is 8.66. The molecule has 0 amide bonds. The fourth-order valence-electron chi connectivity index (χ4n) is 0. The van der Waals surface area contributed by atoms with Crippen LogP contribution in [0.4, 0.5) is 0 Å². The Kier molecular flexibility index (Phi) is 11.7. The molecule has 8 nitrogen and oxygen atoms in total. The van der Waals surface area contributed by atoms with Crippen molar-refractivity contribution in [2.75, 3.05) is 0 Å². The van der Waals surface area contributed by atoms with Crippen molar-refractivity contribution in [1.29, 1.82) is 0 Å². The summed E-state index contributed by atoms with van der Waals surface area (Å²) in [5.41, 5.74) is 0. The molecule has 0 aromatic rings. The normalized spacial score (nSPS) is 10.7. The van der Waals surface area contributed by atoms with Crippen LogP contribution in [0, 0.1) is 39.9 Å². The third kappa shape index (κ3) is 441. The summed E-state index contributed by atoms with van der Waals surface area (Å²) in [4.78, 5) is 48.6. The first-order chi connectivity index (χ1) is 4.00. The Morgan fingerprint density at radius 3 is 0.818 bits per heavy atom. The summed E-state index contributed by atoms with van der Waals surface area (Å²) in [6.45, 7) is 0. The van der Waals surface area contributed by atoms with E-state index < -0.39 is 15.6 Å². The summed E-state index contributed by atoms with van der Waals surface area (Å²) in [6.07, 6.45) is 0. The van der Waals surface area contributed by atoms with Crippen molar-refractivity contribution in [3.05, 3.63) is 0 Å². The predicted molar refractivity (Wildman–Crippen MR) is 19.7 cm³/mol. The Bertz CT molecular complexity index is 124. The van der Waals surface area contributed by atoms with Gasteiger partial charge in [0.15, 0.2) is 0 Å². The molecule has 2 N–H and O–H groups in total. The van der Waals surface area contributed by atoms with E-state index in [9.17, 15) is 0 Å². The van der Waals surface area contributed by atoms with E-state index in [1.807, 2.05) is 0 Å². The van der Waals surface area contributed by atoms with E-state index in [0.717, 1.165) is 0 Å². The van der Waals surface area contributed by atoms with E-state index in [1.165, 1.54) is 0 Å². The summed E-state index contributed by atoms with van der Waals surface area (Å²) in [5, 5.41) is 0. The van der Waals surface area contributed by atoms with Gasteiger partial charge in [-0.15, -0.1) is 0 Å². The summed E-state index contributed by atoms with van der Waals surface area (Å²) in [5.74, 6) is 0. The Morgan fingerprint density at radius 1 is 0.818 bits per heavy atom. The monoisotopic (exact) mass is 424 g/mol. The molecule has 0 heterocycles. The molecular formula is H2O8P2Th. The van der Waals surface area contributed by atoms with Gasteiger partial charge in [0.05, 0.1) is 15.6 Å². The van der Waals surface area contributed by atoms with Crippen LogP contribution in [-0.2, 0) is 9.13 Å². The fourth-order valence-corrected chi connectivity index (χ4v) is 0. The van der Waals surface area contributed by atoms with Gasteiger partial charge in [-0.2, -0.15) is 0 Å². The molecule has 0 fully saturated rings. The van der Waals surface area contributed by atoms with E-state index in [2.05, 4.69) is 0 Å². The first-order valence-corrected chi connectivity index (χ1v) is 4.49. The van der Waals surface area contributed by atoms with Crippen molar-refractivity contribution in [3.63, 3.8) is 0 Å². The molecule has 0 saturated carbocycles. The first kappa shape index (κ1) is 18.4. The molecule has 11 heavy (non-hydrogen) atoms. The van der Waals surface area contributed by atoms with Crippen molar-refractivity contribution in [2.24, 2.45) is 0 Å². The van der Waals surface area contributed by atoms with Crippen molar-refractivity contribution < 1.29 is 78.4 Å². The zero-order chi connectivity index (χ0) is 9.00. The van der Waals surface area contributed by atoms with Gasteiger partial charge in [-0.25, -0.2) is 0 Å². The van der Waals surface area contributed by atoms with Gasteiger partial charge >= 0.3 is 39.9 Å². The summed E-state index contributed by atoms with van der Waals surface area (Å²) < 4.78 is 17.3. The molecule has 0 aliphatic carbocycles. The van der Waals surface area contributed by atoms with Crippen molar-refractivity contribution in [3.8, 4) is 0 Å². The van der Waals surface area contributed by atoms with Gasteiger partial charge in [0.25, 0.3) is 0 Å². The van der Waals surface area contributed by atoms with E-state index in [4.69, 9.17) is 38.5 Å². The van der Waals surface area contributed by atoms with Crippen LogP contribution in [0.3, 0.4) is 0 Å². The van der Waals surface area contributed by atoms with Crippen LogP contribution in [0.25, 0.3) is 0 Å². The van der Waals surface area contributed by atoms with Crippen molar-refractivity contribution in [2.45, 2.75) is 0 Å². The van der Waals surface area contributed by atoms with Gasteiger partial charge < -0.3 is 38.5 Å². The molecule has 11 heteroatoms. The van der Waals surface area contributed by atoms with Gasteiger partial charge in [-0.1, -0.05) is 0 Å². The maximum Gasteiger partial charge on any atom is 4.00 e. The smallest absolute Gasteiger partial charge is 0.790 e. The molecule has 0 spiro atoms. The SMILES string of the molecule is O=P([O-])([O-])O.O=P([O-])([O-])O.[Th+4]. The summed E-state index contributed by atoms with van der Waals surface area (Å²) in [6, 6.07) is 0. The van der Waals surface area contributed by atoms with Crippen LogP contribution >= 0.6 is 15.6 Å². The maximum atomic E-state index is 8.66. The van der Waals surface area contributed by atoms with Gasteiger partial charge in [-0.05, 0) is 0 Å². The van der Waals surface area contributed by atoms with Crippen molar-refractivity contribution >= 4 is 15.6 Å². The third-order valence-corrected chi connectivity index (χ3v) is 0. The third-order valence-electron chi connectivity index (χ3n) is 0. The van der Waals surface area contributed by atoms with E-state index >= 15 is 0 Å². The minimum absolute atomic E-state index is 0. The summed E-state index contributed by atoms with van der Waals surface area (Å²) >= 11 is 0. The van der Waals surface area contributed by atoms with Crippen LogP contribution < -0.4 is 19.6 Å². The Morgan fingerprint density at radius 2 is 0.818 bits per heavy atom.